The van der Waals surface area contributed by atoms with Crippen molar-refractivity contribution in [3.05, 3.63) is 108 Å². The highest BCUT2D eigenvalue weighted by Crippen LogP contribution is 2.46. The van der Waals surface area contributed by atoms with Gasteiger partial charge in [0.15, 0.2) is 6.29 Å². The number of ether oxygens (including phenoxy) is 10. The van der Waals surface area contributed by atoms with E-state index in [1.165, 1.54) is 0 Å². The summed E-state index contributed by atoms with van der Waals surface area (Å²) in [6.07, 6.45) is -4.12. The molecular formula is C36H44O10. The Balaban J connectivity index is 1.28. The van der Waals surface area contributed by atoms with Crippen molar-refractivity contribution in [1.82, 2.24) is 0 Å². The van der Waals surface area contributed by atoms with E-state index >= 15 is 0 Å². The monoisotopic (exact) mass is 636 g/mol. The molecule has 1 spiro atoms. The third-order valence-electron chi connectivity index (χ3n) is 8.56. The van der Waals surface area contributed by atoms with Crippen molar-refractivity contribution in [2.45, 2.75) is 81.2 Å². The van der Waals surface area contributed by atoms with E-state index < -0.39 is 55.0 Å². The SMILES string of the molecule is COC[C@H]1O[C@H](OC)[C@@H]2O[C@]3(C[C@@H](OCc4ccccc4)[C@H](OCc4ccccc4)[C@@H](COCc4ccccc4)O3)O[C@H]2[C@@H]1OC. The van der Waals surface area contributed by atoms with Crippen LogP contribution >= 0.6 is 0 Å². The minimum atomic E-state index is -1.48. The minimum absolute atomic E-state index is 0.216. The molecule has 9 atom stereocenters. The van der Waals surface area contributed by atoms with E-state index in [2.05, 4.69) is 0 Å². The highest BCUT2D eigenvalue weighted by atomic mass is 16.9. The van der Waals surface area contributed by atoms with Gasteiger partial charge in [0.25, 0.3) is 5.97 Å². The Morgan fingerprint density at radius 2 is 1.20 bits per heavy atom. The average molecular weight is 637 g/mol. The van der Waals surface area contributed by atoms with Crippen LogP contribution in [0.5, 0.6) is 0 Å². The maximum atomic E-state index is 6.76. The Bertz CT molecular complexity index is 1310. The van der Waals surface area contributed by atoms with Crippen LogP contribution in [0.3, 0.4) is 0 Å². The summed E-state index contributed by atoms with van der Waals surface area (Å²) in [7, 11) is 4.82. The molecule has 3 aromatic rings. The Morgan fingerprint density at radius 1 is 0.609 bits per heavy atom. The van der Waals surface area contributed by atoms with Crippen LogP contribution in [0, 0.1) is 0 Å². The predicted octanol–water partition coefficient (Wildman–Crippen LogP) is 4.63. The first kappa shape index (κ1) is 33.2. The molecule has 3 fully saturated rings. The van der Waals surface area contributed by atoms with Gasteiger partial charge < -0.3 is 47.4 Å². The van der Waals surface area contributed by atoms with Gasteiger partial charge in [-0.15, -0.1) is 0 Å². The van der Waals surface area contributed by atoms with Crippen molar-refractivity contribution < 1.29 is 47.4 Å². The van der Waals surface area contributed by atoms with Gasteiger partial charge in [-0.05, 0) is 16.7 Å². The number of benzene rings is 3. The first-order chi connectivity index (χ1) is 22.6. The van der Waals surface area contributed by atoms with Crippen LogP contribution in [0.1, 0.15) is 23.1 Å². The number of hydrogen-bond donors (Lipinski definition) is 0. The summed E-state index contributed by atoms with van der Waals surface area (Å²) in [5, 5.41) is 0. The fourth-order valence-electron chi connectivity index (χ4n) is 6.36. The zero-order valence-corrected chi connectivity index (χ0v) is 26.6. The maximum Gasteiger partial charge on any atom is 0.287 e. The van der Waals surface area contributed by atoms with E-state index in [0.717, 1.165) is 16.7 Å². The molecule has 0 saturated carbocycles. The lowest BCUT2D eigenvalue weighted by molar-refractivity contribution is -0.410. The van der Waals surface area contributed by atoms with Crippen molar-refractivity contribution >= 4 is 0 Å². The minimum Gasteiger partial charge on any atom is -0.382 e. The van der Waals surface area contributed by atoms with Gasteiger partial charge in [0, 0.05) is 21.3 Å². The van der Waals surface area contributed by atoms with Gasteiger partial charge in [-0.1, -0.05) is 91.0 Å². The Labute approximate surface area is 270 Å². The van der Waals surface area contributed by atoms with Gasteiger partial charge in [0.05, 0.1) is 45.6 Å². The van der Waals surface area contributed by atoms with Gasteiger partial charge in [-0.25, -0.2) is 0 Å². The molecule has 0 unspecified atom stereocenters. The highest BCUT2D eigenvalue weighted by molar-refractivity contribution is 5.15. The van der Waals surface area contributed by atoms with Crippen LogP contribution in [0.2, 0.25) is 0 Å². The molecular weight excluding hydrogens is 592 g/mol. The van der Waals surface area contributed by atoms with Gasteiger partial charge >= 0.3 is 0 Å². The molecule has 0 aliphatic carbocycles. The molecule has 3 heterocycles. The number of methoxy groups -OCH3 is 3. The van der Waals surface area contributed by atoms with Crippen molar-refractivity contribution in [3.8, 4) is 0 Å². The molecule has 10 heteroatoms. The normalized spacial score (nSPS) is 32.4. The summed E-state index contributed by atoms with van der Waals surface area (Å²) in [6, 6.07) is 30.1. The van der Waals surface area contributed by atoms with E-state index in [0.29, 0.717) is 26.4 Å². The lowest BCUT2D eigenvalue weighted by Crippen LogP contribution is -2.58. The number of fused-ring (bicyclic) bond motifs is 1. The van der Waals surface area contributed by atoms with Crippen LogP contribution in [0.4, 0.5) is 0 Å². The van der Waals surface area contributed by atoms with E-state index in [4.69, 9.17) is 47.4 Å². The molecule has 0 N–H and O–H groups in total. The van der Waals surface area contributed by atoms with Crippen molar-refractivity contribution in [3.63, 3.8) is 0 Å². The van der Waals surface area contributed by atoms with Gasteiger partial charge in [-0.3, -0.25) is 0 Å². The molecule has 3 aliphatic heterocycles. The summed E-state index contributed by atoms with van der Waals surface area (Å²) in [4.78, 5) is 0. The smallest absolute Gasteiger partial charge is 0.287 e. The van der Waals surface area contributed by atoms with E-state index in [9.17, 15) is 0 Å². The lowest BCUT2D eigenvalue weighted by Gasteiger charge is -2.45. The summed E-state index contributed by atoms with van der Waals surface area (Å²) in [5.41, 5.74) is 3.14. The predicted molar refractivity (Wildman–Crippen MR) is 166 cm³/mol. The molecule has 10 nitrogen and oxygen atoms in total. The van der Waals surface area contributed by atoms with Crippen LogP contribution in [0.25, 0.3) is 0 Å². The molecule has 3 saturated heterocycles. The Kier molecular flexibility index (Phi) is 11.5. The van der Waals surface area contributed by atoms with E-state index in [1.54, 1.807) is 21.3 Å². The fraction of sp³-hybridized carbons (Fsp3) is 0.500. The second kappa shape index (κ2) is 15.9. The summed E-state index contributed by atoms with van der Waals surface area (Å²) < 4.78 is 62.8. The second-order valence-corrected chi connectivity index (χ2v) is 11.7. The van der Waals surface area contributed by atoms with Gasteiger partial charge in [0.1, 0.15) is 36.6 Å². The average Bonchev–Trinajstić information content (AvgIpc) is 3.46. The highest BCUT2D eigenvalue weighted by Gasteiger charge is 2.63. The quantitative estimate of drug-likeness (QED) is 0.249. The Hall–Kier alpha value is -2.74. The Morgan fingerprint density at radius 3 is 1.78 bits per heavy atom. The van der Waals surface area contributed by atoms with E-state index in [1.807, 2.05) is 91.0 Å². The molecule has 46 heavy (non-hydrogen) atoms. The van der Waals surface area contributed by atoms with Crippen molar-refractivity contribution in [1.29, 1.82) is 0 Å². The van der Waals surface area contributed by atoms with Gasteiger partial charge in [0.2, 0.25) is 0 Å². The van der Waals surface area contributed by atoms with E-state index in [-0.39, 0.29) is 13.0 Å². The topological polar surface area (TPSA) is 92.3 Å². The standard InChI is InChI=1S/C36H44O10/c1-37-23-29-32(38-2)33-34(35(39-3)43-29)46-36(45-33)19-28(41-21-26-15-9-5-10-16-26)31(42-22-27-17-11-6-12-18-27)30(44-36)24-40-20-25-13-7-4-8-14-25/h4-18,28-35H,19-24H2,1-3H3/t28-,29-,30-,31+,32-,33+,34-,35+,36+/m1/s1. The molecule has 0 radical (unpaired) electrons. The molecule has 248 valence electrons. The number of hydrogen-bond acceptors (Lipinski definition) is 10. The van der Waals surface area contributed by atoms with Crippen LogP contribution in [-0.4, -0.2) is 89.5 Å². The molecule has 0 aromatic heterocycles. The first-order valence-corrected chi connectivity index (χ1v) is 15.8. The number of rotatable bonds is 14. The van der Waals surface area contributed by atoms with Crippen molar-refractivity contribution in [2.75, 3.05) is 34.5 Å². The molecule has 3 aliphatic rings. The zero-order valence-electron chi connectivity index (χ0n) is 26.6. The second-order valence-electron chi connectivity index (χ2n) is 11.7. The lowest BCUT2D eigenvalue weighted by atomic mass is 9.99. The maximum absolute atomic E-state index is 6.76. The van der Waals surface area contributed by atoms with Gasteiger partial charge in [-0.2, -0.15) is 0 Å². The molecule has 3 aromatic carbocycles. The van der Waals surface area contributed by atoms with Crippen molar-refractivity contribution in [2.24, 2.45) is 0 Å². The molecule has 0 amide bonds. The summed E-state index contributed by atoms with van der Waals surface area (Å²) in [5.74, 6) is -1.48. The van der Waals surface area contributed by atoms with Crippen LogP contribution in [0.15, 0.2) is 91.0 Å². The molecule has 6 rings (SSSR count). The third kappa shape index (κ3) is 7.86. The fourth-order valence-corrected chi connectivity index (χ4v) is 6.36. The van der Waals surface area contributed by atoms with Crippen LogP contribution < -0.4 is 0 Å². The van der Waals surface area contributed by atoms with Crippen LogP contribution in [-0.2, 0) is 67.2 Å². The largest absolute Gasteiger partial charge is 0.382 e. The third-order valence-corrected chi connectivity index (χ3v) is 8.56. The first-order valence-electron chi connectivity index (χ1n) is 15.8. The zero-order chi connectivity index (χ0) is 31.8. The molecule has 0 bridgehead atoms. The summed E-state index contributed by atoms with van der Waals surface area (Å²) >= 11 is 0. The summed E-state index contributed by atoms with van der Waals surface area (Å²) in [6.45, 7) is 1.67.